The van der Waals surface area contributed by atoms with Crippen molar-refractivity contribution in [1.29, 1.82) is 0 Å². The van der Waals surface area contributed by atoms with E-state index in [-0.39, 0.29) is 0 Å². The Morgan fingerprint density at radius 1 is 1.41 bits per heavy atom. The lowest BCUT2D eigenvalue weighted by molar-refractivity contribution is 0.204. The molecule has 0 saturated heterocycles. The van der Waals surface area contributed by atoms with E-state index >= 15 is 0 Å². The highest BCUT2D eigenvalue weighted by atomic mass is 35.5. The van der Waals surface area contributed by atoms with Crippen molar-refractivity contribution >= 4 is 17.3 Å². The van der Waals surface area contributed by atoms with Gasteiger partial charge < -0.3 is 15.4 Å². The molecular weight excluding hydrogens is 236 g/mol. The van der Waals surface area contributed by atoms with E-state index in [1.165, 1.54) is 0 Å². The van der Waals surface area contributed by atoms with E-state index in [4.69, 9.17) is 22.1 Å². The lowest BCUT2D eigenvalue weighted by atomic mass is 10.1. The largest absolute Gasteiger partial charge is 0.383 e. The van der Waals surface area contributed by atoms with Crippen molar-refractivity contribution < 1.29 is 4.74 Å². The molecule has 4 heteroatoms. The number of hydrogen-bond acceptors (Lipinski definition) is 3. The Morgan fingerprint density at radius 2 is 2.12 bits per heavy atom. The summed E-state index contributed by atoms with van der Waals surface area (Å²) in [7, 11) is 1.71. The highest BCUT2D eigenvalue weighted by Crippen LogP contribution is 2.25. The SMILES string of the molecule is COCCN(c1ccc(Cl)cc1CN)C(C)C. The number of hydrogen-bond donors (Lipinski definition) is 1. The number of rotatable bonds is 6. The van der Waals surface area contributed by atoms with Gasteiger partial charge in [0.2, 0.25) is 0 Å². The zero-order chi connectivity index (χ0) is 12.8. The third-order valence-electron chi connectivity index (χ3n) is 2.73. The summed E-state index contributed by atoms with van der Waals surface area (Å²) in [6.45, 7) is 6.36. The van der Waals surface area contributed by atoms with Crippen LogP contribution in [0.15, 0.2) is 18.2 Å². The van der Waals surface area contributed by atoms with Crippen LogP contribution in [0.3, 0.4) is 0 Å². The van der Waals surface area contributed by atoms with Crippen molar-refractivity contribution in [2.75, 3.05) is 25.2 Å². The topological polar surface area (TPSA) is 38.5 Å². The predicted octanol–water partition coefficient (Wildman–Crippen LogP) is 2.66. The molecule has 0 amide bonds. The van der Waals surface area contributed by atoms with Gasteiger partial charge in [0, 0.05) is 37.0 Å². The lowest BCUT2D eigenvalue weighted by Crippen LogP contribution is -2.34. The van der Waals surface area contributed by atoms with Crippen molar-refractivity contribution in [3.05, 3.63) is 28.8 Å². The van der Waals surface area contributed by atoms with Gasteiger partial charge in [0.25, 0.3) is 0 Å². The minimum Gasteiger partial charge on any atom is -0.383 e. The smallest absolute Gasteiger partial charge is 0.0637 e. The first-order chi connectivity index (χ1) is 8.10. The number of methoxy groups -OCH3 is 1. The van der Waals surface area contributed by atoms with Crippen molar-refractivity contribution in [3.8, 4) is 0 Å². The van der Waals surface area contributed by atoms with Gasteiger partial charge >= 0.3 is 0 Å². The fourth-order valence-corrected chi connectivity index (χ4v) is 2.04. The zero-order valence-corrected chi connectivity index (χ0v) is 11.5. The molecule has 1 rings (SSSR count). The first-order valence-electron chi connectivity index (χ1n) is 5.84. The monoisotopic (exact) mass is 256 g/mol. The Kier molecular flexibility index (Phi) is 5.75. The first-order valence-corrected chi connectivity index (χ1v) is 6.22. The Morgan fingerprint density at radius 3 is 2.65 bits per heavy atom. The summed E-state index contributed by atoms with van der Waals surface area (Å²) in [5.41, 5.74) is 7.98. The molecule has 17 heavy (non-hydrogen) atoms. The van der Waals surface area contributed by atoms with Crippen LogP contribution in [0.1, 0.15) is 19.4 Å². The van der Waals surface area contributed by atoms with Gasteiger partial charge in [-0.05, 0) is 37.6 Å². The molecule has 0 spiro atoms. The molecule has 0 bridgehead atoms. The number of halogens is 1. The molecule has 96 valence electrons. The number of anilines is 1. The van der Waals surface area contributed by atoms with Crippen LogP contribution < -0.4 is 10.6 Å². The van der Waals surface area contributed by atoms with E-state index < -0.39 is 0 Å². The quantitative estimate of drug-likeness (QED) is 0.851. The predicted molar refractivity (Wildman–Crippen MR) is 73.7 cm³/mol. The van der Waals surface area contributed by atoms with E-state index in [9.17, 15) is 0 Å². The molecule has 1 aromatic carbocycles. The molecule has 0 aliphatic heterocycles. The minimum atomic E-state index is 0.400. The lowest BCUT2D eigenvalue weighted by Gasteiger charge is -2.30. The summed E-state index contributed by atoms with van der Waals surface area (Å²) in [5.74, 6) is 0. The van der Waals surface area contributed by atoms with Crippen LogP contribution >= 0.6 is 11.6 Å². The highest BCUT2D eigenvalue weighted by Gasteiger charge is 2.13. The van der Waals surface area contributed by atoms with Gasteiger partial charge in [0.1, 0.15) is 0 Å². The van der Waals surface area contributed by atoms with Crippen LogP contribution in [-0.4, -0.2) is 26.3 Å². The number of ether oxygens (including phenoxy) is 1. The third kappa shape index (κ3) is 3.87. The second kappa shape index (κ2) is 6.84. The number of nitrogens with zero attached hydrogens (tertiary/aromatic N) is 1. The molecule has 0 heterocycles. The van der Waals surface area contributed by atoms with E-state index in [1.807, 2.05) is 18.2 Å². The average molecular weight is 257 g/mol. The van der Waals surface area contributed by atoms with Gasteiger partial charge in [-0.3, -0.25) is 0 Å². The maximum atomic E-state index is 5.99. The number of nitrogens with two attached hydrogens (primary N) is 1. The van der Waals surface area contributed by atoms with Gasteiger partial charge in [-0.2, -0.15) is 0 Å². The normalized spacial score (nSPS) is 10.9. The molecule has 0 radical (unpaired) electrons. The molecule has 3 nitrogen and oxygen atoms in total. The van der Waals surface area contributed by atoms with Gasteiger partial charge in [-0.1, -0.05) is 11.6 Å². The van der Waals surface area contributed by atoms with E-state index in [0.29, 0.717) is 19.2 Å². The third-order valence-corrected chi connectivity index (χ3v) is 2.97. The Balaban J connectivity index is 3.00. The Labute approximate surface area is 109 Å². The van der Waals surface area contributed by atoms with Crippen molar-refractivity contribution in [1.82, 2.24) is 0 Å². The molecule has 0 aromatic heterocycles. The van der Waals surface area contributed by atoms with E-state index in [2.05, 4.69) is 18.7 Å². The van der Waals surface area contributed by atoms with Crippen LogP contribution in [0, 0.1) is 0 Å². The highest BCUT2D eigenvalue weighted by molar-refractivity contribution is 6.30. The van der Waals surface area contributed by atoms with E-state index in [0.717, 1.165) is 22.8 Å². The van der Waals surface area contributed by atoms with Gasteiger partial charge in [-0.15, -0.1) is 0 Å². The second-order valence-corrected chi connectivity index (χ2v) is 4.69. The van der Waals surface area contributed by atoms with Gasteiger partial charge in [0.15, 0.2) is 0 Å². The molecule has 0 aliphatic carbocycles. The fourth-order valence-electron chi connectivity index (χ4n) is 1.84. The summed E-state index contributed by atoms with van der Waals surface area (Å²) >= 11 is 5.99. The minimum absolute atomic E-state index is 0.400. The Bertz CT molecular complexity index is 355. The van der Waals surface area contributed by atoms with Crippen LogP contribution in [-0.2, 0) is 11.3 Å². The fraction of sp³-hybridized carbons (Fsp3) is 0.538. The standard InChI is InChI=1S/C13H21ClN2O/c1-10(2)16(6-7-17-3)13-5-4-12(14)8-11(13)9-15/h4-5,8,10H,6-7,9,15H2,1-3H3. The molecule has 0 aliphatic rings. The maximum absolute atomic E-state index is 5.99. The molecule has 0 fully saturated rings. The first kappa shape index (κ1) is 14.3. The molecule has 0 saturated carbocycles. The van der Waals surface area contributed by atoms with Crippen molar-refractivity contribution in [2.24, 2.45) is 5.73 Å². The maximum Gasteiger partial charge on any atom is 0.0637 e. The Hall–Kier alpha value is -0.770. The van der Waals surface area contributed by atoms with Crippen molar-refractivity contribution in [2.45, 2.75) is 26.4 Å². The molecular formula is C13H21ClN2O. The average Bonchev–Trinajstić information content (AvgIpc) is 2.30. The molecule has 2 N–H and O–H groups in total. The second-order valence-electron chi connectivity index (χ2n) is 4.26. The van der Waals surface area contributed by atoms with Crippen molar-refractivity contribution in [3.63, 3.8) is 0 Å². The summed E-state index contributed by atoms with van der Waals surface area (Å²) in [4.78, 5) is 2.28. The van der Waals surface area contributed by atoms with Crippen LogP contribution in [0.25, 0.3) is 0 Å². The number of benzene rings is 1. The van der Waals surface area contributed by atoms with Crippen LogP contribution in [0.4, 0.5) is 5.69 Å². The molecule has 0 unspecified atom stereocenters. The van der Waals surface area contributed by atoms with Gasteiger partial charge in [0.05, 0.1) is 6.61 Å². The van der Waals surface area contributed by atoms with Crippen LogP contribution in [0.5, 0.6) is 0 Å². The summed E-state index contributed by atoms with van der Waals surface area (Å²) in [6, 6.07) is 6.26. The zero-order valence-electron chi connectivity index (χ0n) is 10.7. The molecule has 0 atom stereocenters. The summed E-state index contributed by atoms with van der Waals surface area (Å²) in [6.07, 6.45) is 0. The molecule has 1 aromatic rings. The summed E-state index contributed by atoms with van der Waals surface area (Å²) < 4.78 is 5.14. The summed E-state index contributed by atoms with van der Waals surface area (Å²) in [5, 5.41) is 0.727. The van der Waals surface area contributed by atoms with Gasteiger partial charge in [-0.25, -0.2) is 0 Å². The van der Waals surface area contributed by atoms with E-state index in [1.54, 1.807) is 7.11 Å². The van der Waals surface area contributed by atoms with Crippen LogP contribution in [0.2, 0.25) is 5.02 Å².